The number of rotatable bonds is 3. The molecule has 6 nitrogen and oxygen atoms in total. The van der Waals surface area contributed by atoms with Crippen LogP contribution in [0.1, 0.15) is 37.9 Å². The first kappa shape index (κ1) is 17.5. The lowest BCUT2D eigenvalue weighted by molar-refractivity contribution is -0.123. The van der Waals surface area contributed by atoms with Gasteiger partial charge in [-0.2, -0.15) is 0 Å². The zero-order valence-corrected chi connectivity index (χ0v) is 17.2. The average molecular weight is 424 g/mol. The standard InChI is InChI=1S/C22H19FN4O2S/c1-13-11-14(6-8-18(13)24-2)26-20(29)22(9-4-10-22)27(21(26)30)15-5-7-16(17(23)12-15)19(28)25-3/h5-8,11-12H,4,9-10H2,1,3H3,(H,25,28)/i5D,12D. The van der Waals surface area contributed by atoms with Gasteiger partial charge in [-0.25, -0.2) is 9.24 Å². The molecule has 2 aromatic rings. The molecule has 8 heteroatoms. The number of benzene rings is 2. The van der Waals surface area contributed by atoms with Gasteiger partial charge in [0.2, 0.25) is 0 Å². The van der Waals surface area contributed by atoms with Crippen LogP contribution in [0.2, 0.25) is 0 Å². The van der Waals surface area contributed by atoms with Crippen molar-refractivity contribution in [3.63, 3.8) is 0 Å². The molecule has 0 bridgehead atoms. The first-order valence-electron chi connectivity index (χ1n) is 10.4. The van der Waals surface area contributed by atoms with E-state index in [1.54, 1.807) is 25.1 Å². The van der Waals surface area contributed by atoms with Crippen LogP contribution in [0.25, 0.3) is 4.85 Å². The number of aryl methyl sites for hydroxylation is 1. The Morgan fingerprint density at radius 1 is 1.37 bits per heavy atom. The summed E-state index contributed by atoms with van der Waals surface area (Å²) in [4.78, 5) is 31.7. The second-order valence-electron chi connectivity index (χ2n) is 7.30. The maximum absolute atomic E-state index is 15.0. The van der Waals surface area contributed by atoms with Crippen LogP contribution in [0.3, 0.4) is 0 Å². The molecule has 30 heavy (non-hydrogen) atoms. The molecule has 0 atom stereocenters. The third-order valence-corrected chi connectivity index (χ3v) is 6.03. The Bertz CT molecular complexity index is 1240. The van der Waals surface area contributed by atoms with Crippen LogP contribution in [-0.4, -0.2) is 29.5 Å². The lowest BCUT2D eigenvalue weighted by Crippen LogP contribution is -2.55. The molecule has 2 aromatic carbocycles. The number of thiocarbonyl (C=S) groups is 1. The molecule has 1 saturated heterocycles. The number of hydrogen-bond donors (Lipinski definition) is 1. The van der Waals surface area contributed by atoms with Gasteiger partial charge in [0.25, 0.3) is 11.8 Å². The molecule has 1 saturated carbocycles. The topological polar surface area (TPSA) is 57.0 Å². The Morgan fingerprint density at radius 2 is 2.10 bits per heavy atom. The first-order chi connectivity index (χ1) is 15.2. The van der Waals surface area contributed by atoms with E-state index in [0.717, 1.165) is 12.5 Å². The van der Waals surface area contributed by atoms with E-state index in [-0.39, 0.29) is 22.7 Å². The van der Waals surface area contributed by atoms with Gasteiger partial charge in [0.15, 0.2) is 10.8 Å². The number of carbonyl (C=O) groups excluding carboxylic acids is 2. The van der Waals surface area contributed by atoms with Gasteiger partial charge >= 0.3 is 0 Å². The van der Waals surface area contributed by atoms with Crippen molar-refractivity contribution in [3.8, 4) is 0 Å². The summed E-state index contributed by atoms with van der Waals surface area (Å²) >= 11 is 5.63. The van der Waals surface area contributed by atoms with E-state index in [1.165, 1.54) is 16.8 Å². The highest BCUT2D eigenvalue weighted by atomic mass is 32.1. The molecule has 1 aliphatic carbocycles. The highest BCUT2D eigenvalue weighted by Gasteiger charge is 2.59. The summed E-state index contributed by atoms with van der Waals surface area (Å²) in [6.45, 7) is 8.98. The minimum Gasteiger partial charge on any atom is -0.355 e. The fraction of sp³-hybridized carbons (Fsp3) is 0.273. The van der Waals surface area contributed by atoms with E-state index < -0.39 is 28.9 Å². The van der Waals surface area contributed by atoms with Crippen LogP contribution < -0.4 is 15.1 Å². The Kier molecular flexibility index (Phi) is 4.20. The maximum atomic E-state index is 15.0. The van der Waals surface area contributed by atoms with Crippen molar-refractivity contribution in [2.45, 2.75) is 31.7 Å². The highest BCUT2D eigenvalue weighted by molar-refractivity contribution is 7.81. The molecular weight excluding hydrogens is 403 g/mol. The second-order valence-corrected chi connectivity index (χ2v) is 7.66. The minimum absolute atomic E-state index is 0.0405. The van der Waals surface area contributed by atoms with Crippen molar-refractivity contribution in [3.05, 3.63) is 64.7 Å². The molecule has 1 spiro atoms. The number of amides is 2. The smallest absolute Gasteiger partial charge is 0.259 e. The van der Waals surface area contributed by atoms with Gasteiger partial charge in [0.1, 0.15) is 11.4 Å². The van der Waals surface area contributed by atoms with E-state index in [0.29, 0.717) is 29.8 Å². The van der Waals surface area contributed by atoms with Gasteiger partial charge in [-0.05, 0) is 74.3 Å². The van der Waals surface area contributed by atoms with E-state index in [9.17, 15) is 14.0 Å². The largest absolute Gasteiger partial charge is 0.355 e. The van der Waals surface area contributed by atoms with Crippen LogP contribution >= 0.6 is 12.2 Å². The van der Waals surface area contributed by atoms with Gasteiger partial charge in [0, 0.05) is 18.4 Å². The zero-order chi connectivity index (χ0) is 23.4. The average Bonchev–Trinajstić information content (AvgIpc) is 2.97. The second kappa shape index (κ2) is 7.18. The van der Waals surface area contributed by atoms with Gasteiger partial charge < -0.3 is 10.2 Å². The lowest BCUT2D eigenvalue weighted by Gasteiger charge is -2.43. The summed E-state index contributed by atoms with van der Waals surface area (Å²) in [6.07, 6.45) is 1.63. The van der Waals surface area contributed by atoms with Crippen LogP contribution in [0.15, 0.2) is 36.4 Å². The molecule has 1 aliphatic heterocycles. The third-order valence-electron chi connectivity index (χ3n) is 5.66. The van der Waals surface area contributed by atoms with Gasteiger partial charge in [-0.3, -0.25) is 14.5 Å². The fourth-order valence-electron chi connectivity index (χ4n) is 3.90. The van der Waals surface area contributed by atoms with E-state index in [1.807, 2.05) is 0 Å². The summed E-state index contributed by atoms with van der Waals surface area (Å²) in [7, 11) is 1.33. The van der Waals surface area contributed by atoms with Gasteiger partial charge in [-0.15, -0.1) is 0 Å². The number of nitrogens with zero attached hydrogens (tertiary/aromatic N) is 3. The molecule has 1 heterocycles. The van der Waals surface area contributed by atoms with Crippen LogP contribution in [0.5, 0.6) is 0 Å². The van der Waals surface area contributed by atoms with Crippen molar-refractivity contribution in [2.75, 3.05) is 16.8 Å². The van der Waals surface area contributed by atoms with Crippen molar-refractivity contribution in [1.29, 1.82) is 0 Å². The Labute approximate surface area is 181 Å². The van der Waals surface area contributed by atoms with Crippen molar-refractivity contribution < 1.29 is 16.7 Å². The molecule has 0 unspecified atom stereocenters. The number of hydrogen-bond acceptors (Lipinski definition) is 3. The Morgan fingerprint density at radius 3 is 2.67 bits per heavy atom. The summed E-state index contributed by atoms with van der Waals surface area (Å²) in [6, 6.07) is 5.05. The first-order valence-corrected chi connectivity index (χ1v) is 9.77. The van der Waals surface area contributed by atoms with Crippen LogP contribution in [0.4, 0.5) is 21.5 Å². The minimum atomic E-state index is -1.10. The molecule has 0 aromatic heterocycles. The van der Waals surface area contributed by atoms with Crippen molar-refractivity contribution >= 4 is 46.2 Å². The summed E-state index contributed by atoms with van der Waals surface area (Å²) in [5, 5.41) is 2.34. The predicted octanol–water partition coefficient (Wildman–Crippen LogP) is 4.11. The number of nitrogens with one attached hydrogen (secondary N) is 1. The predicted molar refractivity (Wildman–Crippen MR) is 116 cm³/mol. The Hall–Kier alpha value is -3.31. The number of halogens is 1. The summed E-state index contributed by atoms with van der Waals surface area (Å²) < 4.78 is 31.8. The maximum Gasteiger partial charge on any atom is 0.259 e. The van der Waals surface area contributed by atoms with Crippen molar-refractivity contribution in [2.24, 2.45) is 0 Å². The summed E-state index contributed by atoms with van der Waals surface area (Å²) in [5.41, 5.74) is -0.0412. The molecular formula is C22H19FN4O2S. The normalized spacial score (nSPS) is 18.1. The number of carbonyl (C=O) groups is 2. The summed E-state index contributed by atoms with van der Waals surface area (Å²) in [5.74, 6) is -2.12. The van der Waals surface area contributed by atoms with E-state index in [4.69, 9.17) is 21.5 Å². The molecule has 2 fully saturated rings. The van der Waals surface area contributed by atoms with Gasteiger partial charge in [0.05, 0.1) is 14.9 Å². The quantitative estimate of drug-likeness (QED) is 0.595. The fourth-order valence-corrected chi connectivity index (χ4v) is 4.35. The van der Waals surface area contributed by atoms with Crippen LogP contribution in [-0.2, 0) is 4.79 Å². The lowest BCUT2D eigenvalue weighted by atomic mass is 9.75. The zero-order valence-electron chi connectivity index (χ0n) is 18.4. The number of anilines is 2. The third kappa shape index (κ3) is 2.77. The monoisotopic (exact) mass is 424 g/mol. The van der Waals surface area contributed by atoms with E-state index >= 15 is 0 Å². The van der Waals surface area contributed by atoms with Crippen molar-refractivity contribution in [1.82, 2.24) is 5.32 Å². The highest BCUT2D eigenvalue weighted by Crippen LogP contribution is 2.48. The SMILES string of the molecule is [2H]c1cc(C(=O)NC)c(F)c([2H])c1N1C(=S)N(c2ccc([N+]#[C-])c(C)c2)C(=O)C12CCC2. The molecule has 0 radical (unpaired) electrons. The Balaban J connectivity index is 1.87. The molecule has 152 valence electrons. The van der Waals surface area contributed by atoms with Gasteiger partial charge in [-0.1, -0.05) is 6.07 Å². The molecule has 2 amide bonds. The van der Waals surface area contributed by atoms with E-state index in [2.05, 4.69) is 10.2 Å². The van der Waals surface area contributed by atoms with Crippen LogP contribution in [0, 0.1) is 19.3 Å². The molecule has 2 aliphatic rings. The molecule has 1 N–H and O–H groups in total. The molecule has 4 rings (SSSR count).